The van der Waals surface area contributed by atoms with Gasteiger partial charge in [0.25, 0.3) is 0 Å². The Kier molecular flexibility index (Phi) is 7.92. The second kappa shape index (κ2) is 9.70. The summed E-state index contributed by atoms with van der Waals surface area (Å²) in [6, 6.07) is 4.23. The number of rotatable bonds is 7. The summed E-state index contributed by atoms with van der Waals surface area (Å²) in [5, 5.41) is 0. The third kappa shape index (κ3) is 6.40. The maximum Gasteiger partial charge on any atom is 0.0931 e. The summed E-state index contributed by atoms with van der Waals surface area (Å²) in [6.45, 7) is 15.9. The number of aliphatic imine (C=N–C) groups is 1. The third-order valence-electron chi connectivity index (χ3n) is 5.00. The molecule has 0 saturated carbocycles. The molecule has 1 aliphatic heterocycles. The molecule has 138 valence electrons. The first kappa shape index (κ1) is 20.4. The summed E-state index contributed by atoms with van der Waals surface area (Å²) in [5.41, 5.74) is 2.16. The van der Waals surface area contributed by atoms with E-state index in [-0.39, 0.29) is 0 Å². The first-order valence-electron chi connectivity index (χ1n) is 9.26. The molecule has 1 unspecified atom stereocenters. The minimum atomic E-state index is 0.571. The van der Waals surface area contributed by atoms with E-state index in [0.717, 1.165) is 36.1 Å². The van der Waals surface area contributed by atoms with Gasteiger partial charge in [-0.1, -0.05) is 51.4 Å². The third-order valence-corrected chi connectivity index (χ3v) is 6.36. The van der Waals surface area contributed by atoms with Crippen molar-refractivity contribution in [3.05, 3.63) is 45.3 Å². The molecule has 4 heteroatoms. The number of piperidine rings is 1. The van der Waals surface area contributed by atoms with Crippen LogP contribution in [0.3, 0.4) is 0 Å². The molecule has 0 radical (unpaired) electrons. The van der Waals surface area contributed by atoms with E-state index in [1.165, 1.54) is 16.9 Å². The van der Waals surface area contributed by atoms with Crippen LogP contribution in [0.15, 0.2) is 41.1 Å². The number of halogens is 1. The topological polar surface area (TPSA) is 15.6 Å². The van der Waals surface area contributed by atoms with Crippen LogP contribution < -0.4 is 0 Å². The lowest BCUT2D eigenvalue weighted by molar-refractivity contribution is 0.182. The van der Waals surface area contributed by atoms with Gasteiger partial charge in [-0.05, 0) is 49.4 Å². The molecule has 1 fully saturated rings. The van der Waals surface area contributed by atoms with E-state index >= 15 is 0 Å². The number of hydrogen-bond acceptors (Lipinski definition) is 3. The van der Waals surface area contributed by atoms with E-state index in [4.69, 9.17) is 11.6 Å². The van der Waals surface area contributed by atoms with E-state index in [1.807, 2.05) is 19.2 Å². The van der Waals surface area contributed by atoms with Gasteiger partial charge in [-0.3, -0.25) is 9.89 Å². The summed E-state index contributed by atoms with van der Waals surface area (Å²) in [5.74, 6) is 1.86. The molecule has 1 aliphatic rings. The number of allylic oxidation sites excluding steroid dienone is 2. The van der Waals surface area contributed by atoms with Gasteiger partial charge in [-0.15, -0.1) is 11.3 Å². The van der Waals surface area contributed by atoms with Gasteiger partial charge in [0.1, 0.15) is 0 Å². The Balaban J connectivity index is 2.10. The molecule has 1 saturated heterocycles. The maximum atomic E-state index is 6.16. The number of thiophene rings is 1. The second-order valence-electron chi connectivity index (χ2n) is 7.37. The summed E-state index contributed by atoms with van der Waals surface area (Å²) in [6.07, 6.45) is 6.75. The predicted molar refractivity (Wildman–Crippen MR) is 113 cm³/mol. The van der Waals surface area contributed by atoms with Gasteiger partial charge in [0.15, 0.2) is 0 Å². The Bertz CT molecular complexity index is 632. The van der Waals surface area contributed by atoms with E-state index in [2.05, 4.69) is 49.4 Å². The molecular weight excluding hydrogens is 348 g/mol. The van der Waals surface area contributed by atoms with Crippen LogP contribution in [0.4, 0.5) is 0 Å². The summed E-state index contributed by atoms with van der Waals surface area (Å²) < 4.78 is 0.894. The van der Waals surface area contributed by atoms with Gasteiger partial charge in [0.05, 0.1) is 4.34 Å². The highest BCUT2D eigenvalue weighted by Crippen LogP contribution is 2.37. The Labute approximate surface area is 162 Å². The van der Waals surface area contributed by atoms with Crippen molar-refractivity contribution in [2.75, 3.05) is 19.6 Å². The van der Waals surface area contributed by atoms with Crippen molar-refractivity contribution in [3.8, 4) is 0 Å². The number of likely N-dealkylation sites (tertiary alicyclic amines) is 1. The minimum Gasteiger partial charge on any atom is -0.298 e. The molecule has 0 bridgehead atoms. The summed E-state index contributed by atoms with van der Waals surface area (Å²) in [4.78, 5) is 8.43. The van der Waals surface area contributed by atoms with Crippen LogP contribution in [0.25, 0.3) is 0 Å². The van der Waals surface area contributed by atoms with E-state index in [9.17, 15) is 0 Å². The maximum absolute atomic E-state index is 6.16. The first-order chi connectivity index (χ1) is 11.9. The fourth-order valence-electron chi connectivity index (χ4n) is 3.25. The van der Waals surface area contributed by atoms with Gasteiger partial charge < -0.3 is 0 Å². The molecule has 0 N–H and O–H groups in total. The van der Waals surface area contributed by atoms with E-state index in [1.54, 1.807) is 11.3 Å². The van der Waals surface area contributed by atoms with Gasteiger partial charge in [-0.2, -0.15) is 0 Å². The Morgan fingerprint density at radius 1 is 1.52 bits per heavy atom. The van der Waals surface area contributed by atoms with Crippen molar-refractivity contribution >= 4 is 29.2 Å². The highest BCUT2D eigenvalue weighted by Gasteiger charge is 2.28. The average Bonchev–Trinajstić information content (AvgIpc) is 3.00. The highest BCUT2D eigenvalue weighted by atomic mass is 35.5. The van der Waals surface area contributed by atoms with Crippen LogP contribution in [0, 0.1) is 11.8 Å². The standard InChI is InChI=1S/C21H31ClN2S/c1-6-16(4)11-18(12-23-15(2)3)13-24-10-9-17(5)19(14-24)20-7-8-21(22)25-20/h7-8,11-12,16-17,19H,2,6,9-10,13-14H2,1,3-5H3/b18-11+,23-12-/t16?,17-,19-/m0/s1. The van der Waals surface area contributed by atoms with Gasteiger partial charge in [0.2, 0.25) is 0 Å². The van der Waals surface area contributed by atoms with Crippen molar-refractivity contribution in [1.82, 2.24) is 4.90 Å². The molecule has 1 aromatic rings. The monoisotopic (exact) mass is 378 g/mol. The van der Waals surface area contributed by atoms with Crippen molar-refractivity contribution in [2.24, 2.45) is 16.8 Å². The van der Waals surface area contributed by atoms with Crippen molar-refractivity contribution in [3.63, 3.8) is 0 Å². The predicted octanol–water partition coefficient (Wildman–Crippen LogP) is 6.40. The molecule has 3 atom stereocenters. The lowest BCUT2D eigenvalue weighted by atomic mass is 9.85. The molecule has 1 aromatic heterocycles. The van der Waals surface area contributed by atoms with Crippen molar-refractivity contribution in [2.45, 2.75) is 46.5 Å². The molecule has 2 heterocycles. The average molecular weight is 379 g/mol. The zero-order valence-corrected chi connectivity index (χ0v) is 17.5. The van der Waals surface area contributed by atoms with Crippen LogP contribution in [-0.4, -0.2) is 30.7 Å². The molecule has 0 aromatic carbocycles. The van der Waals surface area contributed by atoms with Crippen LogP contribution >= 0.6 is 22.9 Å². The van der Waals surface area contributed by atoms with Crippen molar-refractivity contribution < 1.29 is 0 Å². The first-order valence-corrected chi connectivity index (χ1v) is 10.5. The highest BCUT2D eigenvalue weighted by molar-refractivity contribution is 7.16. The molecular formula is C21H31ClN2S. The van der Waals surface area contributed by atoms with Crippen LogP contribution in [0.5, 0.6) is 0 Å². The second-order valence-corrected chi connectivity index (χ2v) is 9.12. The minimum absolute atomic E-state index is 0.571. The lowest BCUT2D eigenvalue weighted by Crippen LogP contribution is -2.39. The van der Waals surface area contributed by atoms with Gasteiger partial charge in [-0.25, -0.2) is 0 Å². The lowest BCUT2D eigenvalue weighted by Gasteiger charge is -2.37. The molecule has 0 amide bonds. The number of nitrogens with zero attached hydrogens (tertiary/aromatic N) is 2. The summed E-state index contributed by atoms with van der Waals surface area (Å²) in [7, 11) is 0. The summed E-state index contributed by atoms with van der Waals surface area (Å²) >= 11 is 7.90. The van der Waals surface area contributed by atoms with Gasteiger partial charge >= 0.3 is 0 Å². The number of hydrogen-bond donors (Lipinski definition) is 0. The smallest absolute Gasteiger partial charge is 0.0931 e. The largest absolute Gasteiger partial charge is 0.298 e. The Morgan fingerprint density at radius 2 is 2.28 bits per heavy atom. The molecule has 0 aliphatic carbocycles. The fraction of sp³-hybridized carbons (Fsp3) is 0.571. The normalized spacial score (nSPS) is 24.0. The SMILES string of the molecule is C=C(C)/N=C\C(=C/C(C)CC)CN1CC[C@H](C)[C@@H](c2ccc(Cl)s2)C1. The Hall–Kier alpha value is -0.900. The fourth-order valence-corrected chi connectivity index (χ4v) is 4.54. The molecule has 2 nitrogen and oxygen atoms in total. The van der Waals surface area contributed by atoms with Crippen LogP contribution in [0.2, 0.25) is 4.34 Å². The van der Waals surface area contributed by atoms with E-state index < -0.39 is 0 Å². The van der Waals surface area contributed by atoms with Gasteiger partial charge in [0, 0.05) is 35.8 Å². The molecule has 0 spiro atoms. The van der Waals surface area contributed by atoms with E-state index in [0.29, 0.717) is 17.8 Å². The van der Waals surface area contributed by atoms with Crippen LogP contribution in [0.1, 0.15) is 51.3 Å². The van der Waals surface area contributed by atoms with Crippen LogP contribution in [-0.2, 0) is 0 Å². The van der Waals surface area contributed by atoms with Crippen molar-refractivity contribution in [1.29, 1.82) is 0 Å². The quantitative estimate of drug-likeness (QED) is 0.501. The Morgan fingerprint density at radius 3 is 2.88 bits per heavy atom. The zero-order valence-electron chi connectivity index (χ0n) is 16.0. The molecule has 2 rings (SSSR count). The zero-order chi connectivity index (χ0) is 18.4. The molecule has 25 heavy (non-hydrogen) atoms.